The summed E-state index contributed by atoms with van der Waals surface area (Å²) in [6.07, 6.45) is 3.45. The van der Waals surface area contributed by atoms with Gasteiger partial charge in [0, 0.05) is 27.3 Å². The van der Waals surface area contributed by atoms with Crippen LogP contribution in [0.5, 0.6) is 0 Å². The van der Waals surface area contributed by atoms with Gasteiger partial charge in [0.2, 0.25) is 0 Å². The van der Waals surface area contributed by atoms with E-state index in [0.717, 1.165) is 16.4 Å². The van der Waals surface area contributed by atoms with Crippen LogP contribution in [0.15, 0.2) is 36.8 Å². The van der Waals surface area contributed by atoms with Gasteiger partial charge in [0.1, 0.15) is 6.33 Å². The molecule has 0 saturated heterocycles. The number of benzene rings is 1. The molecule has 3 aromatic rings. The molecule has 0 spiro atoms. The van der Waals surface area contributed by atoms with Crippen molar-refractivity contribution in [1.82, 2.24) is 14.6 Å². The largest absolute Gasteiger partial charge is 0.264 e. The summed E-state index contributed by atoms with van der Waals surface area (Å²) in [5, 5.41) is 6.21. The van der Waals surface area contributed by atoms with Gasteiger partial charge in [-0.3, -0.25) is 9.50 Å². The fourth-order valence-corrected chi connectivity index (χ4v) is 1.47. The van der Waals surface area contributed by atoms with Crippen LogP contribution in [0, 0.1) is 6.07 Å². The molecule has 0 saturated carbocycles. The molecule has 0 unspecified atom stereocenters. The minimum atomic E-state index is 0. The molecule has 4 heteroatoms. The third-order valence-corrected chi connectivity index (χ3v) is 2.08. The molecule has 0 fully saturated rings. The van der Waals surface area contributed by atoms with Crippen LogP contribution in [0.25, 0.3) is 16.4 Å². The number of rotatable bonds is 0. The summed E-state index contributed by atoms with van der Waals surface area (Å²) < 4.78 is 1.75. The Morgan fingerprint density at radius 2 is 2.21 bits per heavy atom. The Morgan fingerprint density at radius 1 is 1.29 bits per heavy atom. The molecule has 1 aromatic carbocycles. The maximum atomic E-state index is 4.17. The van der Waals surface area contributed by atoms with Gasteiger partial charge in [0.15, 0.2) is 0 Å². The van der Waals surface area contributed by atoms with E-state index in [0.29, 0.717) is 0 Å². The third-order valence-electron chi connectivity index (χ3n) is 2.08. The molecule has 3 nitrogen and oxygen atoms in total. The first-order valence-electron chi connectivity index (χ1n) is 4.04. The van der Waals surface area contributed by atoms with Crippen LogP contribution >= 0.6 is 0 Å². The van der Waals surface area contributed by atoms with Gasteiger partial charge < -0.3 is 0 Å². The van der Waals surface area contributed by atoms with Crippen molar-refractivity contribution in [2.45, 2.75) is 0 Å². The standard InChI is InChI=1S/C10H6N3.Pt/c1-2-4-9-8(3-1)5-6-13-10(9)11-7-12-13;/h1-3,5-7H;/q-1;. The Balaban J connectivity index is 0.000000750. The SMILES string of the molecule is [Pt].[c-]1cccc2ccn3ncnc3c12. The maximum Gasteiger partial charge on any atom is 0.127 e. The Bertz CT molecular complexity index is 573. The summed E-state index contributed by atoms with van der Waals surface area (Å²) in [5.41, 5.74) is 0.859. The third kappa shape index (κ3) is 1.25. The average Bonchev–Trinajstić information content (AvgIpc) is 2.65. The van der Waals surface area contributed by atoms with Crippen LogP contribution in [0.4, 0.5) is 0 Å². The van der Waals surface area contributed by atoms with Crippen LogP contribution in [0.1, 0.15) is 0 Å². The van der Waals surface area contributed by atoms with E-state index in [1.807, 2.05) is 30.5 Å². The quantitative estimate of drug-likeness (QED) is 0.569. The van der Waals surface area contributed by atoms with Crippen molar-refractivity contribution in [3.63, 3.8) is 0 Å². The minimum absolute atomic E-state index is 0. The second-order valence-electron chi connectivity index (χ2n) is 2.84. The van der Waals surface area contributed by atoms with Gasteiger partial charge in [-0.25, -0.2) is 0 Å². The number of hydrogen-bond acceptors (Lipinski definition) is 2. The summed E-state index contributed by atoms with van der Waals surface area (Å²) >= 11 is 0. The molecule has 14 heavy (non-hydrogen) atoms. The van der Waals surface area contributed by atoms with Gasteiger partial charge in [0.25, 0.3) is 0 Å². The first-order valence-corrected chi connectivity index (χ1v) is 4.04. The van der Waals surface area contributed by atoms with Crippen molar-refractivity contribution in [3.05, 3.63) is 42.9 Å². The zero-order valence-electron chi connectivity index (χ0n) is 7.12. The van der Waals surface area contributed by atoms with Crippen LogP contribution in [-0.4, -0.2) is 14.6 Å². The maximum absolute atomic E-state index is 4.17. The number of hydrogen-bond donors (Lipinski definition) is 0. The van der Waals surface area contributed by atoms with E-state index >= 15 is 0 Å². The van der Waals surface area contributed by atoms with Gasteiger partial charge >= 0.3 is 0 Å². The Kier molecular flexibility index (Phi) is 2.34. The fraction of sp³-hybridized carbons (Fsp3) is 0. The molecule has 0 aliphatic heterocycles. The van der Waals surface area contributed by atoms with Crippen LogP contribution in [0.2, 0.25) is 0 Å². The number of aromatic nitrogens is 3. The molecule has 72 valence electrons. The predicted octanol–water partition coefficient (Wildman–Crippen LogP) is 1.68. The molecule has 3 rings (SSSR count). The zero-order valence-corrected chi connectivity index (χ0v) is 9.39. The summed E-state index contributed by atoms with van der Waals surface area (Å²) in [6, 6.07) is 11.1. The molecule has 2 aromatic heterocycles. The predicted molar refractivity (Wildman–Crippen MR) is 49.3 cm³/mol. The fourth-order valence-electron chi connectivity index (χ4n) is 1.47. The van der Waals surface area contributed by atoms with Crippen molar-refractivity contribution in [2.75, 3.05) is 0 Å². The van der Waals surface area contributed by atoms with E-state index < -0.39 is 0 Å². The molecule has 0 radical (unpaired) electrons. The monoisotopic (exact) mass is 363 g/mol. The normalized spacial score (nSPS) is 10.3. The Hall–Kier alpha value is -1.21. The number of fused-ring (bicyclic) bond motifs is 3. The first-order chi connectivity index (χ1) is 6.45. The Morgan fingerprint density at radius 3 is 3.14 bits per heavy atom. The molecule has 2 heterocycles. The molecular weight excluding hydrogens is 357 g/mol. The van der Waals surface area contributed by atoms with E-state index in [1.54, 1.807) is 10.8 Å². The number of pyridine rings is 1. The second kappa shape index (κ2) is 3.50. The van der Waals surface area contributed by atoms with Crippen molar-refractivity contribution < 1.29 is 21.1 Å². The summed E-state index contributed by atoms with van der Waals surface area (Å²) in [5.74, 6) is 0. The topological polar surface area (TPSA) is 30.2 Å². The van der Waals surface area contributed by atoms with Crippen LogP contribution < -0.4 is 0 Å². The van der Waals surface area contributed by atoms with Crippen molar-refractivity contribution >= 4 is 16.4 Å². The van der Waals surface area contributed by atoms with Crippen LogP contribution in [-0.2, 0) is 21.1 Å². The summed E-state index contributed by atoms with van der Waals surface area (Å²) in [4.78, 5) is 4.17. The molecule has 0 aliphatic carbocycles. The van der Waals surface area contributed by atoms with Crippen molar-refractivity contribution in [3.8, 4) is 0 Å². The molecule has 0 aliphatic rings. The zero-order chi connectivity index (χ0) is 8.67. The van der Waals surface area contributed by atoms with E-state index in [1.165, 1.54) is 0 Å². The van der Waals surface area contributed by atoms with Gasteiger partial charge in [-0.15, -0.1) is 29.7 Å². The van der Waals surface area contributed by atoms with E-state index in [4.69, 9.17) is 0 Å². The first kappa shape index (κ1) is 9.35. The van der Waals surface area contributed by atoms with Crippen LogP contribution in [0.3, 0.4) is 0 Å². The second-order valence-corrected chi connectivity index (χ2v) is 2.84. The molecular formula is C10H6N3Pt-. The molecule has 0 bridgehead atoms. The van der Waals surface area contributed by atoms with Crippen molar-refractivity contribution in [2.24, 2.45) is 0 Å². The van der Waals surface area contributed by atoms with Gasteiger partial charge in [-0.1, -0.05) is 11.5 Å². The minimum Gasteiger partial charge on any atom is -0.264 e. The van der Waals surface area contributed by atoms with E-state index in [9.17, 15) is 0 Å². The molecule has 0 amide bonds. The summed E-state index contributed by atoms with van der Waals surface area (Å²) in [6.45, 7) is 0. The van der Waals surface area contributed by atoms with Gasteiger partial charge in [0.05, 0.1) is 5.65 Å². The Labute approximate surface area is 95.0 Å². The molecule has 0 atom stereocenters. The summed E-state index contributed by atoms with van der Waals surface area (Å²) in [7, 11) is 0. The van der Waals surface area contributed by atoms with E-state index in [-0.39, 0.29) is 21.1 Å². The smallest absolute Gasteiger partial charge is 0.127 e. The van der Waals surface area contributed by atoms with Gasteiger partial charge in [-0.05, 0) is 0 Å². The average molecular weight is 363 g/mol. The molecule has 0 N–H and O–H groups in total. The number of nitrogens with zero attached hydrogens (tertiary/aromatic N) is 3. The van der Waals surface area contributed by atoms with Crippen molar-refractivity contribution in [1.29, 1.82) is 0 Å². The van der Waals surface area contributed by atoms with Gasteiger partial charge in [-0.2, -0.15) is 5.10 Å². The van der Waals surface area contributed by atoms with E-state index in [2.05, 4.69) is 16.1 Å².